The van der Waals surface area contributed by atoms with Gasteiger partial charge in [-0.05, 0) is 60.7 Å². The Bertz CT molecular complexity index is 1320. The van der Waals surface area contributed by atoms with E-state index >= 15 is 4.39 Å². The minimum atomic E-state index is -0.900. The molecule has 37 heavy (non-hydrogen) atoms. The first-order valence-electron chi connectivity index (χ1n) is 12.4. The van der Waals surface area contributed by atoms with E-state index in [9.17, 15) is 4.79 Å². The van der Waals surface area contributed by atoms with Crippen molar-refractivity contribution in [2.24, 2.45) is 0 Å². The lowest BCUT2D eigenvalue weighted by Gasteiger charge is -2.17. The molecule has 0 spiro atoms. The highest BCUT2D eigenvalue weighted by atomic mass is 19.1. The van der Waals surface area contributed by atoms with Gasteiger partial charge < -0.3 is 19.3 Å². The van der Waals surface area contributed by atoms with Crippen molar-refractivity contribution in [3.63, 3.8) is 0 Å². The van der Waals surface area contributed by atoms with Gasteiger partial charge in [-0.15, -0.1) is 5.92 Å². The van der Waals surface area contributed by atoms with E-state index in [1.54, 1.807) is 31.3 Å². The van der Waals surface area contributed by atoms with Gasteiger partial charge in [0.2, 0.25) is 5.88 Å². The number of carboxylic acid groups (broad SMARTS) is 1. The Morgan fingerprint density at radius 2 is 2.00 bits per heavy atom. The predicted molar refractivity (Wildman–Crippen MR) is 136 cm³/mol. The first-order valence-corrected chi connectivity index (χ1v) is 12.4. The van der Waals surface area contributed by atoms with E-state index in [1.165, 1.54) is 6.07 Å². The second-order valence-electron chi connectivity index (χ2n) is 9.23. The molecule has 3 aromatic rings. The topological polar surface area (TPSA) is 77.9 Å². The molecular formula is C30H28FNO5. The largest absolute Gasteiger partial charge is 0.486 e. The lowest BCUT2D eigenvalue weighted by molar-refractivity contribution is -0.137. The van der Waals surface area contributed by atoms with Crippen LogP contribution in [0.4, 0.5) is 4.39 Å². The molecule has 190 valence electrons. The molecule has 6 nitrogen and oxygen atoms in total. The highest BCUT2D eigenvalue weighted by Crippen LogP contribution is 2.42. The monoisotopic (exact) mass is 501 g/mol. The summed E-state index contributed by atoms with van der Waals surface area (Å²) in [4.78, 5) is 15.6. The Kier molecular flexibility index (Phi) is 7.38. The fourth-order valence-electron chi connectivity index (χ4n) is 4.99. The van der Waals surface area contributed by atoms with Gasteiger partial charge in [-0.2, -0.15) is 0 Å². The standard InChI is InChI=1S/C30H28FNO5/c1-2-3-20(16-29(33)34)19-4-7-22(8-5-19)36-27-12-10-25-24(9-11-26(31)30(25)27)21-6-13-28(32-17-21)37-23-14-15-35-18-23/h4-9,11,13,17,20,23,27H,10,12,14-16,18H2,1H3,(H,33,34)/t20?,23?,27-/m1/s1. The number of hydrogen-bond donors (Lipinski definition) is 1. The van der Waals surface area contributed by atoms with Crippen molar-refractivity contribution < 1.29 is 28.5 Å². The van der Waals surface area contributed by atoms with Gasteiger partial charge in [0.15, 0.2) is 0 Å². The third-order valence-corrected chi connectivity index (χ3v) is 6.76. The van der Waals surface area contributed by atoms with E-state index in [0.29, 0.717) is 43.2 Å². The summed E-state index contributed by atoms with van der Waals surface area (Å²) in [5.41, 5.74) is 4.16. The van der Waals surface area contributed by atoms with E-state index < -0.39 is 12.1 Å². The maximum absolute atomic E-state index is 15.0. The summed E-state index contributed by atoms with van der Waals surface area (Å²) in [6, 6.07) is 14.3. The number of nitrogens with zero attached hydrogens (tertiary/aromatic N) is 1. The summed E-state index contributed by atoms with van der Waals surface area (Å²) in [5.74, 6) is 5.32. The van der Waals surface area contributed by atoms with Crippen LogP contribution in [0.25, 0.3) is 11.1 Å². The number of carbonyl (C=O) groups is 1. The van der Waals surface area contributed by atoms with Gasteiger partial charge in [0, 0.05) is 29.8 Å². The molecular weight excluding hydrogens is 473 g/mol. The summed E-state index contributed by atoms with van der Waals surface area (Å²) in [5, 5.41) is 9.17. The number of benzene rings is 2. The first kappa shape index (κ1) is 24.8. The summed E-state index contributed by atoms with van der Waals surface area (Å²) in [7, 11) is 0. The quantitative estimate of drug-likeness (QED) is 0.399. The lowest BCUT2D eigenvalue weighted by atomic mass is 9.96. The Hall–Kier alpha value is -3.89. The fraction of sp³-hybridized carbons (Fsp3) is 0.333. The second kappa shape index (κ2) is 11.0. The van der Waals surface area contributed by atoms with Crippen molar-refractivity contribution in [2.75, 3.05) is 13.2 Å². The van der Waals surface area contributed by atoms with Gasteiger partial charge in [0.25, 0.3) is 0 Å². The molecule has 2 aromatic carbocycles. The van der Waals surface area contributed by atoms with Gasteiger partial charge in [-0.1, -0.05) is 24.1 Å². The normalized spacial score (nSPS) is 19.0. The molecule has 2 unspecified atom stereocenters. The van der Waals surface area contributed by atoms with Crippen molar-refractivity contribution in [1.82, 2.24) is 4.98 Å². The molecule has 0 saturated carbocycles. The molecule has 2 aliphatic rings. The van der Waals surface area contributed by atoms with E-state index in [-0.39, 0.29) is 24.3 Å². The van der Waals surface area contributed by atoms with Crippen LogP contribution in [0.2, 0.25) is 0 Å². The number of halogens is 1. The molecule has 1 aromatic heterocycles. The van der Waals surface area contributed by atoms with Crippen molar-refractivity contribution in [3.05, 3.63) is 77.2 Å². The van der Waals surface area contributed by atoms with Crippen molar-refractivity contribution in [1.29, 1.82) is 0 Å². The van der Waals surface area contributed by atoms with Crippen LogP contribution in [0, 0.1) is 17.7 Å². The van der Waals surface area contributed by atoms with Gasteiger partial charge in [-0.25, -0.2) is 9.37 Å². The molecule has 0 amide bonds. The molecule has 5 rings (SSSR count). The zero-order chi connectivity index (χ0) is 25.8. The van der Waals surface area contributed by atoms with Crippen LogP contribution in [0.5, 0.6) is 11.6 Å². The Balaban J connectivity index is 1.33. The number of aromatic nitrogens is 1. The lowest BCUT2D eigenvalue weighted by Crippen LogP contribution is -2.16. The third-order valence-electron chi connectivity index (χ3n) is 6.76. The van der Waals surface area contributed by atoms with Crippen LogP contribution in [0.15, 0.2) is 54.7 Å². The van der Waals surface area contributed by atoms with Crippen molar-refractivity contribution in [2.45, 2.75) is 50.7 Å². The maximum Gasteiger partial charge on any atom is 0.304 e. The molecule has 2 heterocycles. The van der Waals surface area contributed by atoms with E-state index in [0.717, 1.165) is 28.7 Å². The molecule has 1 saturated heterocycles. The van der Waals surface area contributed by atoms with Crippen LogP contribution in [0.3, 0.4) is 0 Å². The fourth-order valence-corrected chi connectivity index (χ4v) is 4.99. The van der Waals surface area contributed by atoms with E-state index in [1.807, 2.05) is 24.3 Å². The van der Waals surface area contributed by atoms with E-state index in [2.05, 4.69) is 16.8 Å². The SMILES string of the molecule is CC#CC(CC(=O)O)c1ccc(O[C@@H]2CCc3c(-c4ccc(OC5CCOC5)nc4)ccc(F)c32)cc1. The Morgan fingerprint density at radius 1 is 1.16 bits per heavy atom. The summed E-state index contributed by atoms with van der Waals surface area (Å²) in [6.45, 7) is 2.97. The highest BCUT2D eigenvalue weighted by molar-refractivity contribution is 5.70. The molecule has 1 fully saturated rings. The molecule has 1 aliphatic carbocycles. The van der Waals surface area contributed by atoms with Crippen molar-refractivity contribution >= 4 is 5.97 Å². The Labute approximate surface area is 215 Å². The zero-order valence-corrected chi connectivity index (χ0v) is 20.6. The molecule has 1 N–H and O–H groups in total. The number of pyridine rings is 1. The van der Waals surface area contributed by atoms with Crippen LogP contribution in [0.1, 0.15) is 54.9 Å². The molecule has 0 bridgehead atoms. The smallest absolute Gasteiger partial charge is 0.304 e. The van der Waals surface area contributed by atoms with Gasteiger partial charge in [0.1, 0.15) is 23.8 Å². The number of aliphatic carboxylic acids is 1. The van der Waals surface area contributed by atoms with Gasteiger partial charge in [0.05, 0.1) is 25.6 Å². The minimum absolute atomic E-state index is 0.0306. The first-order chi connectivity index (χ1) is 18.0. The predicted octanol–water partition coefficient (Wildman–Crippen LogP) is 5.70. The second-order valence-corrected chi connectivity index (χ2v) is 9.23. The zero-order valence-electron chi connectivity index (χ0n) is 20.6. The summed E-state index contributed by atoms with van der Waals surface area (Å²) in [6.07, 6.45) is 3.52. The van der Waals surface area contributed by atoms with Crippen LogP contribution < -0.4 is 9.47 Å². The van der Waals surface area contributed by atoms with Crippen LogP contribution in [-0.4, -0.2) is 35.4 Å². The molecule has 1 aliphatic heterocycles. The van der Waals surface area contributed by atoms with Gasteiger partial charge in [-0.3, -0.25) is 4.79 Å². The van der Waals surface area contributed by atoms with Crippen LogP contribution in [-0.2, 0) is 16.0 Å². The number of rotatable bonds is 8. The third kappa shape index (κ3) is 5.60. The number of carboxylic acids is 1. The molecule has 7 heteroatoms. The number of hydrogen-bond acceptors (Lipinski definition) is 5. The van der Waals surface area contributed by atoms with Crippen molar-refractivity contribution in [3.8, 4) is 34.6 Å². The average molecular weight is 502 g/mol. The average Bonchev–Trinajstić information content (AvgIpc) is 3.56. The Morgan fingerprint density at radius 3 is 2.68 bits per heavy atom. The summed E-state index contributed by atoms with van der Waals surface area (Å²) < 4.78 is 32.4. The molecule has 0 radical (unpaired) electrons. The van der Waals surface area contributed by atoms with Gasteiger partial charge >= 0.3 is 5.97 Å². The number of ether oxygens (including phenoxy) is 3. The molecule has 3 atom stereocenters. The highest BCUT2D eigenvalue weighted by Gasteiger charge is 2.30. The number of fused-ring (bicyclic) bond motifs is 1. The van der Waals surface area contributed by atoms with Crippen LogP contribution >= 0.6 is 0 Å². The summed E-state index contributed by atoms with van der Waals surface area (Å²) >= 11 is 0. The minimum Gasteiger partial charge on any atom is -0.486 e. The maximum atomic E-state index is 15.0. The van der Waals surface area contributed by atoms with E-state index in [4.69, 9.17) is 19.3 Å².